The summed E-state index contributed by atoms with van der Waals surface area (Å²) < 4.78 is 104. The van der Waals surface area contributed by atoms with Crippen molar-refractivity contribution in [2.45, 2.75) is 35.9 Å². The molecule has 6 nitrogen and oxygen atoms in total. The Morgan fingerprint density at radius 2 is 0.818 bits per heavy atom. The van der Waals surface area contributed by atoms with Gasteiger partial charge in [-0.1, -0.05) is 0 Å². The van der Waals surface area contributed by atoms with E-state index < -0.39 is 47.8 Å². The summed E-state index contributed by atoms with van der Waals surface area (Å²) in [6, 6.07) is 0. The van der Waals surface area contributed by atoms with Crippen LogP contribution in [0.4, 0.5) is 35.1 Å². The van der Waals surface area contributed by atoms with Crippen molar-refractivity contribution >= 4 is 11.9 Å². The second kappa shape index (κ2) is 5.49. The molecular formula is C8H6F8O6. The van der Waals surface area contributed by atoms with Gasteiger partial charge in [0.2, 0.25) is 12.2 Å². The summed E-state index contributed by atoms with van der Waals surface area (Å²) in [5, 5.41) is 32.4. The topological polar surface area (TPSA) is 115 Å². The molecule has 0 radical (unpaired) electrons. The van der Waals surface area contributed by atoms with E-state index in [4.69, 9.17) is 20.4 Å². The average Bonchev–Trinajstić information content (AvgIpc) is 2.35. The largest absolute Gasteiger partial charge is 0.479 e. The number of aliphatic hydroxyl groups excluding tert-OH is 2. The Labute approximate surface area is 114 Å². The third kappa shape index (κ3) is 2.67. The number of carboxylic acid groups (broad SMARTS) is 2. The molecule has 0 saturated carbocycles. The highest BCUT2D eigenvalue weighted by atomic mass is 19.4. The molecule has 0 aromatic heterocycles. The maximum atomic E-state index is 13.0. The minimum atomic E-state index is -7.22. The lowest BCUT2D eigenvalue weighted by molar-refractivity contribution is -0.387. The molecule has 0 aliphatic heterocycles. The van der Waals surface area contributed by atoms with Crippen molar-refractivity contribution in [3.05, 3.63) is 0 Å². The second-order valence-electron chi connectivity index (χ2n) is 3.88. The maximum Gasteiger partial charge on any atom is 0.381 e. The Balaban J connectivity index is 6.06. The lowest BCUT2D eigenvalue weighted by atomic mass is 9.92. The van der Waals surface area contributed by atoms with Crippen molar-refractivity contribution in [1.82, 2.24) is 0 Å². The van der Waals surface area contributed by atoms with Gasteiger partial charge in [-0.3, -0.25) is 0 Å². The van der Waals surface area contributed by atoms with Gasteiger partial charge in [0, 0.05) is 0 Å². The van der Waals surface area contributed by atoms with Gasteiger partial charge in [-0.15, -0.1) is 0 Å². The number of hydrogen-bond acceptors (Lipinski definition) is 4. The van der Waals surface area contributed by atoms with E-state index >= 15 is 0 Å². The van der Waals surface area contributed by atoms with E-state index in [1.54, 1.807) is 0 Å². The minimum Gasteiger partial charge on any atom is -0.479 e. The smallest absolute Gasteiger partial charge is 0.381 e. The molecule has 22 heavy (non-hydrogen) atoms. The van der Waals surface area contributed by atoms with E-state index in [-0.39, 0.29) is 0 Å². The first-order valence-electron chi connectivity index (χ1n) is 4.79. The quantitative estimate of drug-likeness (QED) is 0.495. The molecule has 0 aliphatic rings. The molecule has 14 heteroatoms. The molecular weight excluding hydrogens is 344 g/mol. The zero-order chi connectivity index (χ0) is 18.3. The van der Waals surface area contributed by atoms with Crippen LogP contribution < -0.4 is 0 Å². The van der Waals surface area contributed by atoms with Crippen molar-refractivity contribution in [1.29, 1.82) is 0 Å². The highest BCUT2D eigenvalue weighted by Crippen LogP contribution is 2.54. The minimum absolute atomic E-state index is 3.14. The summed E-state index contributed by atoms with van der Waals surface area (Å²) in [7, 11) is 0. The van der Waals surface area contributed by atoms with Gasteiger partial charge in [-0.2, -0.15) is 35.1 Å². The molecule has 0 heterocycles. The van der Waals surface area contributed by atoms with E-state index in [1.807, 2.05) is 0 Å². The van der Waals surface area contributed by atoms with Crippen LogP contribution in [0.15, 0.2) is 0 Å². The molecule has 0 rings (SSSR count). The van der Waals surface area contributed by atoms with Crippen LogP contribution in [0, 0.1) is 0 Å². The van der Waals surface area contributed by atoms with Crippen LogP contribution in [0.1, 0.15) is 0 Å². The van der Waals surface area contributed by atoms with Crippen molar-refractivity contribution in [3.8, 4) is 0 Å². The van der Waals surface area contributed by atoms with Crippen molar-refractivity contribution in [3.63, 3.8) is 0 Å². The van der Waals surface area contributed by atoms with Gasteiger partial charge in [0.1, 0.15) is 0 Å². The highest BCUT2D eigenvalue weighted by molar-refractivity contribution is 5.74. The molecule has 4 N–H and O–H groups in total. The third-order valence-electron chi connectivity index (χ3n) is 2.39. The number of aliphatic hydroxyl groups is 2. The Bertz CT molecular complexity index is 422. The average molecular weight is 350 g/mol. The fraction of sp³-hybridized carbons (Fsp3) is 0.750. The van der Waals surface area contributed by atoms with Gasteiger partial charge >= 0.3 is 35.6 Å². The van der Waals surface area contributed by atoms with Gasteiger partial charge in [0.15, 0.2) is 0 Å². The van der Waals surface area contributed by atoms with Gasteiger partial charge < -0.3 is 20.4 Å². The van der Waals surface area contributed by atoms with E-state index in [1.165, 1.54) is 0 Å². The Morgan fingerprint density at radius 1 is 0.636 bits per heavy atom. The molecule has 0 amide bonds. The number of rotatable bonds is 7. The van der Waals surface area contributed by atoms with Crippen LogP contribution >= 0.6 is 0 Å². The summed E-state index contributed by atoms with van der Waals surface area (Å²) in [5.41, 5.74) is 0. The summed E-state index contributed by atoms with van der Waals surface area (Å²) in [5.74, 6) is -34.0. The lowest BCUT2D eigenvalue weighted by Crippen LogP contribution is -2.69. The fourth-order valence-corrected chi connectivity index (χ4v) is 1.07. The van der Waals surface area contributed by atoms with Crippen molar-refractivity contribution in [2.75, 3.05) is 0 Å². The van der Waals surface area contributed by atoms with E-state index in [2.05, 4.69) is 0 Å². The highest BCUT2D eigenvalue weighted by Gasteiger charge is 2.84. The standard InChI is InChI=1S/C8H6F8O6/c9-5(10,1(17)3(19)20)7(13,14)8(15,16)6(11,12)2(18)4(21)22/h1-2,17-18H,(H,19,20)(H,21,22)/t1-,2-/m0/s1. The Kier molecular flexibility index (Phi) is 5.07. The van der Waals surface area contributed by atoms with Crippen LogP contribution in [0.3, 0.4) is 0 Å². The summed E-state index contributed by atoms with van der Waals surface area (Å²) in [4.78, 5) is 19.9. The van der Waals surface area contributed by atoms with Crippen LogP contribution in [0.25, 0.3) is 0 Å². The predicted octanol–water partition coefficient (Wildman–Crippen LogP) is 0.419. The lowest BCUT2D eigenvalue weighted by Gasteiger charge is -2.38. The molecule has 0 aliphatic carbocycles. The monoisotopic (exact) mass is 350 g/mol. The second-order valence-corrected chi connectivity index (χ2v) is 3.88. The first-order valence-corrected chi connectivity index (χ1v) is 4.79. The fourth-order valence-electron chi connectivity index (χ4n) is 1.07. The van der Waals surface area contributed by atoms with Gasteiger partial charge in [-0.05, 0) is 0 Å². The normalized spacial score (nSPS) is 17.0. The zero-order valence-corrected chi connectivity index (χ0v) is 9.78. The predicted molar refractivity (Wildman–Crippen MR) is 47.1 cm³/mol. The first kappa shape index (κ1) is 20.3. The van der Waals surface area contributed by atoms with Crippen LogP contribution in [0.2, 0.25) is 0 Å². The number of carbonyl (C=O) groups is 2. The molecule has 0 fully saturated rings. The molecule has 0 bridgehead atoms. The Hall–Kier alpha value is -1.70. The van der Waals surface area contributed by atoms with Crippen LogP contribution in [0.5, 0.6) is 0 Å². The third-order valence-corrected chi connectivity index (χ3v) is 2.39. The molecule has 0 unspecified atom stereocenters. The molecule has 0 aromatic carbocycles. The first-order chi connectivity index (χ1) is 9.46. The molecule has 0 saturated heterocycles. The molecule has 0 spiro atoms. The molecule has 2 atom stereocenters. The Morgan fingerprint density at radius 3 is 0.955 bits per heavy atom. The van der Waals surface area contributed by atoms with Crippen molar-refractivity contribution < 1.29 is 65.1 Å². The van der Waals surface area contributed by atoms with Gasteiger partial charge in [0.05, 0.1) is 0 Å². The van der Waals surface area contributed by atoms with Gasteiger partial charge in [-0.25, -0.2) is 9.59 Å². The van der Waals surface area contributed by atoms with E-state index in [0.29, 0.717) is 0 Å². The maximum absolute atomic E-state index is 13.0. The van der Waals surface area contributed by atoms with Crippen LogP contribution in [-0.4, -0.2) is 68.3 Å². The van der Waals surface area contributed by atoms with E-state index in [9.17, 15) is 44.7 Å². The summed E-state index contributed by atoms with van der Waals surface area (Å²) in [6.07, 6.45) is -9.02. The summed E-state index contributed by atoms with van der Waals surface area (Å²) >= 11 is 0. The number of carboxylic acids is 2. The SMILES string of the molecule is O=C(O)[C@H](O)C(F)(F)C(F)(F)C(F)(F)C(F)(F)[C@@H](O)C(=O)O. The van der Waals surface area contributed by atoms with E-state index in [0.717, 1.165) is 0 Å². The van der Waals surface area contributed by atoms with Crippen molar-refractivity contribution in [2.24, 2.45) is 0 Å². The number of alkyl halides is 8. The number of hydrogen-bond donors (Lipinski definition) is 4. The van der Waals surface area contributed by atoms with Gasteiger partial charge in [0.25, 0.3) is 0 Å². The number of aliphatic carboxylic acids is 2. The molecule has 0 aromatic rings. The number of halogens is 8. The summed E-state index contributed by atoms with van der Waals surface area (Å²) in [6.45, 7) is 0. The molecule has 130 valence electrons. The van der Waals surface area contributed by atoms with Crippen LogP contribution in [-0.2, 0) is 9.59 Å². The zero-order valence-electron chi connectivity index (χ0n) is 9.78.